The Morgan fingerprint density at radius 2 is 1.94 bits per heavy atom. The van der Waals surface area contributed by atoms with Gasteiger partial charge in [0.1, 0.15) is 5.82 Å². The fraction of sp³-hybridized carbons (Fsp3) is 0.500. The molecule has 0 saturated heterocycles. The van der Waals surface area contributed by atoms with Crippen LogP contribution in [0, 0.1) is 5.82 Å². The van der Waals surface area contributed by atoms with Crippen molar-refractivity contribution in [2.24, 2.45) is 5.73 Å². The Bertz CT molecular complexity index is 406. The van der Waals surface area contributed by atoms with E-state index in [9.17, 15) is 22.7 Å². The first-order chi connectivity index (χ1) is 8.27. The Kier molecular flexibility index (Phi) is 4.70. The van der Waals surface area contributed by atoms with Crippen LogP contribution in [0.25, 0.3) is 0 Å². The molecule has 0 aliphatic carbocycles. The molecule has 0 aliphatic rings. The van der Waals surface area contributed by atoms with Crippen molar-refractivity contribution in [2.45, 2.75) is 38.1 Å². The second-order valence-corrected chi connectivity index (χ2v) is 4.12. The molecule has 0 radical (unpaired) electrons. The summed E-state index contributed by atoms with van der Waals surface area (Å²) in [5.41, 5.74) is 4.48. The number of aliphatic hydroxyl groups excluding tert-OH is 1. The molecule has 0 aromatic heterocycles. The van der Waals surface area contributed by atoms with Crippen molar-refractivity contribution in [1.29, 1.82) is 0 Å². The van der Waals surface area contributed by atoms with E-state index in [-0.39, 0.29) is 5.56 Å². The van der Waals surface area contributed by atoms with Crippen molar-refractivity contribution in [3.63, 3.8) is 0 Å². The van der Waals surface area contributed by atoms with Gasteiger partial charge in [-0.2, -0.15) is 13.2 Å². The molecule has 0 bridgehead atoms. The number of rotatable bonds is 4. The average Bonchev–Trinajstić information content (AvgIpc) is 2.26. The summed E-state index contributed by atoms with van der Waals surface area (Å²) in [4.78, 5) is 0. The lowest BCUT2D eigenvalue weighted by molar-refractivity contribution is -0.140. The van der Waals surface area contributed by atoms with Gasteiger partial charge in [0.2, 0.25) is 0 Å². The van der Waals surface area contributed by atoms with Crippen LogP contribution in [0.5, 0.6) is 0 Å². The zero-order valence-corrected chi connectivity index (χ0v) is 9.84. The molecule has 6 heteroatoms. The van der Waals surface area contributed by atoms with Gasteiger partial charge in [0.25, 0.3) is 0 Å². The van der Waals surface area contributed by atoms with Crippen LogP contribution in [0.1, 0.15) is 36.9 Å². The van der Waals surface area contributed by atoms with Gasteiger partial charge in [-0.3, -0.25) is 0 Å². The Morgan fingerprint density at radius 1 is 1.33 bits per heavy atom. The SMILES string of the molecule is CCC[C@@H](O)[C@@H](N)c1ccc(C(F)(F)F)c(F)c1. The lowest BCUT2D eigenvalue weighted by Gasteiger charge is -2.19. The number of aliphatic hydroxyl groups is 1. The molecular weight excluding hydrogens is 250 g/mol. The van der Waals surface area contributed by atoms with Crippen LogP contribution in [-0.4, -0.2) is 11.2 Å². The number of hydrogen-bond donors (Lipinski definition) is 2. The predicted octanol–water partition coefficient (Wildman–Crippen LogP) is 3.01. The van der Waals surface area contributed by atoms with Crippen LogP contribution in [-0.2, 0) is 6.18 Å². The van der Waals surface area contributed by atoms with E-state index in [0.717, 1.165) is 12.1 Å². The Labute approximate surface area is 102 Å². The molecule has 2 nitrogen and oxygen atoms in total. The highest BCUT2D eigenvalue weighted by molar-refractivity contribution is 5.28. The molecule has 18 heavy (non-hydrogen) atoms. The van der Waals surface area contributed by atoms with E-state index in [4.69, 9.17) is 5.73 Å². The molecule has 0 fully saturated rings. The first kappa shape index (κ1) is 14.9. The maximum atomic E-state index is 13.3. The topological polar surface area (TPSA) is 46.2 Å². The second-order valence-electron chi connectivity index (χ2n) is 4.12. The van der Waals surface area contributed by atoms with Gasteiger partial charge in [-0.15, -0.1) is 0 Å². The molecule has 2 atom stereocenters. The quantitative estimate of drug-likeness (QED) is 0.822. The summed E-state index contributed by atoms with van der Waals surface area (Å²) in [6.07, 6.45) is -4.54. The summed E-state index contributed by atoms with van der Waals surface area (Å²) >= 11 is 0. The van der Waals surface area contributed by atoms with E-state index >= 15 is 0 Å². The number of hydrogen-bond acceptors (Lipinski definition) is 2. The molecule has 0 unspecified atom stereocenters. The molecule has 1 aromatic rings. The van der Waals surface area contributed by atoms with Gasteiger partial charge in [-0.05, 0) is 24.1 Å². The molecule has 1 aromatic carbocycles. The maximum absolute atomic E-state index is 13.3. The highest BCUT2D eigenvalue weighted by atomic mass is 19.4. The number of benzene rings is 1. The largest absolute Gasteiger partial charge is 0.419 e. The fourth-order valence-electron chi connectivity index (χ4n) is 1.67. The van der Waals surface area contributed by atoms with Crippen molar-refractivity contribution in [3.05, 3.63) is 35.1 Å². The first-order valence-corrected chi connectivity index (χ1v) is 5.57. The summed E-state index contributed by atoms with van der Waals surface area (Å²) in [6, 6.07) is 1.58. The number of alkyl halides is 3. The van der Waals surface area contributed by atoms with Gasteiger partial charge >= 0.3 is 6.18 Å². The smallest absolute Gasteiger partial charge is 0.391 e. The third-order valence-electron chi connectivity index (χ3n) is 2.68. The highest BCUT2D eigenvalue weighted by Crippen LogP contribution is 2.32. The highest BCUT2D eigenvalue weighted by Gasteiger charge is 2.34. The number of halogens is 4. The zero-order valence-electron chi connectivity index (χ0n) is 9.84. The zero-order chi connectivity index (χ0) is 13.9. The minimum Gasteiger partial charge on any atom is -0.391 e. The van der Waals surface area contributed by atoms with Gasteiger partial charge in [-0.1, -0.05) is 19.4 Å². The van der Waals surface area contributed by atoms with E-state index in [0.29, 0.717) is 18.9 Å². The van der Waals surface area contributed by atoms with Crippen molar-refractivity contribution in [2.75, 3.05) is 0 Å². The van der Waals surface area contributed by atoms with E-state index in [1.54, 1.807) is 0 Å². The van der Waals surface area contributed by atoms with Crippen LogP contribution >= 0.6 is 0 Å². The third kappa shape index (κ3) is 3.43. The van der Waals surface area contributed by atoms with Gasteiger partial charge in [0.15, 0.2) is 0 Å². The van der Waals surface area contributed by atoms with Gasteiger partial charge in [0.05, 0.1) is 17.7 Å². The summed E-state index contributed by atoms with van der Waals surface area (Å²) in [5.74, 6) is -1.38. The Balaban J connectivity index is 2.97. The lowest BCUT2D eigenvalue weighted by Crippen LogP contribution is -2.26. The molecule has 0 heterocycles. The van der Waals surface area contributed by atoms with Crippen molar-refractivity contribution >= 4 is 0 Å². The molecule has 0 saturated carbocycles. The van der Waals surface area contributed by atoms with E-state index in [1.807, 2.05) is 6.92 Å². The van der Waals surface area contributed by atoms with Gasteiger partial charge in [0, 0.05) is 0 Å². The molecule has 0 aliphatic heterocycles. The molecule has 1 rings (SSSR count). The standard InChI is InChI=1S/C12H15F4NO/c1-2-3-10(18)11(17)7-4-5-8(9(13)6-7)12(14,15)16/h4-6,10-11,18H,2-3,17H2,1H3/t10-,11+/m1/s1. The minimum absolute atomic E-state index is 0.154. The van der Waals surface area contributed by atoms with E-state index in [1.165, 1.54) is 0 Å². The van der Waals surface area contributed by atoms with Crippen molar-refractivity contribution in [1.82, 2.24) is 0 Å². The minimum atomic E-state index is -4.73. The summed E-state index contributed by atoms with van der Waals surface area (Å²) in [7, 11) is 0. The molecule has 0 amide bonds. The monoisotopic (exact) mass is 265 g/mol. The second kappa shape index (κ2) is 5.67. The van der Waals surface area contributed by atoms with Gasteiger partial charge < -0.3 is 10.8 Å². The van der Waals surface area contributed by atoms with Crippen molar-refractivity contribution < 1.29 is 22.7 Å². The third-order valence-corrected chi connectivity index (χ3v) is 2.68. The average molecular weight is 265 g/mol. The summed E-state index contributed by atoms with van der Waals surface area (Å²) < 4.78 is 50.3. The molecule has 0 spiro atoms. The molecular formula is C12H15F4NO. The van der Waals surface area contributed by atoms with Crippen LogP contribution in [0.4, 0.5) is 17.6 Å². The molecule has 3 N–H and O–H groups in total. The summed E-state index contributed by atoms with van der Waals surface area (Å²) in [6.45, 7) is 1.84. The van der Waals surface area contributed by atoms with Crippen LogP contribution in [0.3, 0.4) is 0 Å². The Morgan fingerprint density at radius 3 is 2.39 bits per heavy atom. The van der Waals surface area contributed by atoms with Crippen molar-refractivity contribution in [3.8, 4) is 0 Å². The van der Waals surface area contributed by atoms with Gasteiger partial charge in [-0.25, -0.2) is 4.39 Å². The Hall–Kier alpha value is -1.14. The van der Waals surface area contributed by atoms with Crippen LogP contribution in [0.15, 0.2) is 18.2 Å². The summed E-state index contributed by atoms with van der Waals surface area (Å²) in [5, 5.41) is 9.62. The van der Waals surface area contributed by atoms with E-state index in [2.05, 4.69) is 0 Å². The molecule has 102 valence electrons. The predicted molar refractivity (Wildman–Crippen MR) is 59.2 cm³/mol. The maximum Gasteiger partial charge on any atom is 0.419 e. The van der Waals surface area contributed by atoms with Crippen LogP contribution in [0.2, 0.25) is 0 Å². The van der Waals surface area contributed by atoms with E-state index < -0.39 is 29.7 Å². The number of nitrogens with two attached hydrogens (primary N) is 1. The first-order valence-electron chi connectivity index (χ1n) is 5.57. The fourth-order valence-corrected chi connectivity index (χ4v) is 1.67. The van der Waals surface area contributed by atoms with Crippen LogP contribution < -0.4 is 5.73 Å². The normalized spacial score (nSPS) is 15.5. The lowest BCUT2D eigenvalue weighted by atomic mass is 9.98.